The lowest BCUT2D eigenvalue weighted by Crippen LogP contribution is -2.49. The van der Waals surface area contributed by atoms with E-state index in [1.54, 1.807) is 0 Å². The number of amides is 1. The van der Waals surface area contributed by atoms with Gasteiger partial charge in [0.2, 0.25) is 0 Å². The van der Waals surface area contributed by atoms with Gasteiger partial charge in [-0.15, -0.1) is 0 Å². The Labute approximate surface area is 195 Å². The highest BCUT2D eigenvalue weighted by molar-refractivity contribution is 5.95. The minimum Gasteiger partial charge on any atom is -0.489 e. The molecule has 0 spiro atoms. The first-order chi connectivity index (χ1) is 16.0. The van der Waals surface area contributed by atoms with Crippen molar-refractivity contribution >= 4 is 17.5 Å². The number of aryl methyl sites for hydroxylation is 1. The van der Waals surface area contributed by atoms with Crippen molar-refractivity contribution in [1.29, 1.82) is 0 Å². The molecule has 0 aromatic carbocycles. The van der Waals surface area contributed by atoms with Crippen LogP contribution in [0.5, 0.6) is 5.75 Å². The number of hydrogen-bond acceptors (Lipinski definition) is 6. The summed E-state index contributed by atoms with van der Waals surface area (Å²) >= 11 is 0. The normalized spacial score (nSPS) is 20.0. The maximum Gasteiger partial charge on any atom is 0.320 e. The molecule has 1 amide bonds. The second-order valence-electron chi connectivity index (χ2n) is 9.28. The molecule has 2 aromatic heterocycles. The zero-order valence-electron chi connectivity index (χ0n) is 19.8. The van der Waals surface area contributed by atoms with Crippen molar-refractivity contribution in [3.8, 4) is 5.75 Å². The molecule has 33 heavy (non-hydrogen) atoms. The van der Waals surface area contributed by atoms with Crippen LogP contribution in [-0.4, -0.2) is 65.1 Å². The number of nitrogens with one attached hydrogen (secondary N) is 1. The Morgan fingerprint density at radius 3 is 2.79 bits per heavy atom. The Morgan fingerprint density at radius 2 is 2.00 bits per heavy atom. The standard InChI is InChI=1S/C25H36N4O4/c1-3-32-22(30)16-28-13-7-11-20(15-28)27-25(31)23-18(2)26-24-21(12-8-14-29(23)24)33-17-19-9-5-4-6-10-19/h8,12,14,19-20H,3-7,9-11,13,15-17H2,1-2H3,(H,27,31)/t20-/m0/s1. The average Bonchev–Trinajstić information content (AvgIpc) is 3.15. The number of ether oxygens (including phenoxy) is 2. The zero-order chi connectivity index (χ0) is 23.2. The predicted molar refractivity (Wildman–Crippen MR) is 126 cm³/mol. The van der Waals surface area contributed by atoms with E-state index in [-0.39, 0.29) is 24.5 Å². The number of fused-ring (bicyclic) bond motifs is 1. The first kappa shape index (κ1) is 23.5. The molecule has 2 aromatic rings. The fourth-order valence-electron chi connectivity index (χ4n) is 5.06. The Bertz CT molecular complexity index is 967. The van der Waals surface area contributed by atoms with Crippen LogP contribution in [-0.2, 0) is 9.53 Å². The highest BCUT2D eigenvalue weighted by Crippen LogP contribution is 2.27. The number of likely N-dealkylation sites (tertiary alicyclic amines) is 1. The number of rotatable bonds is 8. The number of piperidine rings is 1. The van der Waals surface area contributed by atoms with Crippen LogP contribution in [0, 0.1) is 12.8 Å². The number of nitrogens with zero attached hydrogens (tertiary/aromatic N) is 3. The maximum atomic E-state index is 13.2. The van der Waals surface area contributed by atoms with Gasteiger partial charge in [0.15, 0.2) is 11.4 Å². The lowest BCUT2D eigenvalue weighted by atomic mass is 9.90. The van der Waals surface area contributed by atoms with Crippen LogP contribution < -0.4 is 10.1 Å². The monoisotopic (exact) mass is 456 g/mol. The third kappa shape index (κ3) is 5.85. The van der Waals surface area contributed by atoms with Gasteiger partial charge in [-0.3, -0.25) is 18.9 Å². The van der Waals surface area contributed by atoms with Gasteiger partial charge in [0.25, 0.3) is 5.91 Å². The summed E-state index contributed by atoms with van der Waals surface area (Å²) in [6, 6.07) is 3.82. The van der Waals surface area contributed by atoms with Crippen molar-refractivity contribution in [3.63, 3.8) is 0 Å². The molecule has 8 nitrogen and oxygen atoms in total. The number of esters is 1. The van der Waals surface area contributed by atoms with Crippen molar-refractivity contribution < 1.29 is 19.1 Å². The van der Waals surface area contributed by atoms with Gasteiger partial charge in [-0.05, 0) is 64.1 Å². The molecule has 4 rings (SSSR count). The second kappa shape index (κ2) is 11.0. The van der Waals surface area contributed by atoms with Crippen molar-refractivity contribution in [2.24, 2.45) is 5.92 Å². The smallest absolute Gasteiger partial charge is 0.320 e. The van der Waals surface area contributed by atoms with E-state index in [2.05, 4.69) is 10.3 Å². The first-order valence-electron chi connectivity index (χ1n) is 12.3. The summed E-state index contributed by atoms with van der Waals surface area (Å²) in [4.78, 5) is 31.8. The summed E-state index contributed by atoms with van der Waals surface area (Å²) in [6.45, 7) is 6.48. The quantitative estimate of drug-likeness (QED) is 0.613. The predicted octanol–water partition coefficient (Wildman–Crippen LogP) is 3.36. The van der Waals surface area contributed by atoms with Gasteiger partial charge in [-0.25, -0.2) is 4.98 Å². The number of pyridine rings is 1. The molecule has 1 atom stereocenters. The molecule has 2 aliphatic rings. The SMILES string of the molecule is CCOC(=O)CN1CCC[C@H](NC(=O)c2c(C)nc3c(OCC4CCCCC4)cccn23)C1. The van der Waals surface area contributed by atoms with Gasteiger partial charge in [0, 0.05) is 18.8 Å². The van der Waals surface area contributed by atoms with Crippen LogP contribution in [0.3, 0.4) is 0 Å². The molecule has 1 N–H and O–H groups in total. The fraction of sp³-hybridized carbons (Fsp3) is 0.640. The number of carbonyl (C=O) groups excluding carboxylic acids is 2. The minimum absolute atomic E-state index is 0.0173. The van der Waals surface area contributed by atoms with E-state index in [1.807, 2.05) is 41.5 Å². The van der Waals surface area contributed by atoms with Crippen LogP contribution in [0.1, 0.15) is 68.1 Å². The van der Waals surface area contributed by atoms with Gasteiger partial charge >= 0.3 is 5.97 Å². The number of carbonyl (C=O) groups is 2. The molecule has 1 aliphatic carbocycles. The molecule has 0 radical (unpaired) electrons. The third-order valence-corrected chi connectivity index (χ3v) is 6.70. The summed E-state index contributed by atoms with van der Waals surface area (Å²) in [7, 11) is 0. The Hall–Kier alpha value is -2.61. The van der Waals surface area contributed by atoms with E-state index in [4.69, 9.17) is 9.47 Å². The lowest BCUT2D eigenvalue weighted by molar-refractivity contribution is -0.144. The van der Waals surface area contributed by atoms with Crippen LogP contribution in [0.25, 0.3) is 5.65 Å². The van der Waals surface area contributed by atoms with Crippen molar-refractivity contribution in [2.75, 3.05) is 32.8 Å². The fourth-order valence-corrected chi connectivity index (χ4v) is 5.06. The first-order valence-corrected chi connectivity index (χ1v) is 12.3. The summed E-state index contributed by atoms with van der Waals surface area (Å²) < 4.78 is 13.1. The van der Waals surface area contributed by atoms with Crippen molar-refractivity contribution in [2.45, 2.75) is 64.8 Å². The van der Waals surface area contributed by atoms with Crippen LogP contribution in [0.4, 0.5) is 0 Å². The van der Waals surface area contributed by atoms with E-state index < -0.39 is 0 Å². The number of hydrogen-bond donors (Lipinski definition) is 1. The molecule has 1 saturated carbocycles. The molecule has 3 heterocycles. The van der Waals surface area contributed by atoms with Gasteiger partial charge in [-0.2, -0.15) is 0 Å². The summed E-state index contributed by atoms with van der Waals surface area (Å²) in [5.74, 6) is 0.959. The van der Waals surface area contributed by atoms with Gasteiger partial charge in [0.1, 0.15) is 5.69 Å². The highest BCUT2D eigenvalue weighted by atomic mass is 16.5. The van der Waals surface area contributed by atoms with Gasteiger partial charge in [-0.1, -0.05) is 19.3 Å². The Kier molecular flexibility index (Phi) is 7.85. The molecule has 1 aliphatic heterocycles. The topological polar surface area (TPSA) is 85.2 Å². The Balaban J connectivity index is 1.42. The van der Waals surface area contributed by atoms with Crippen molar-refractivity contribution in [3.05, 3.63) is 29.7 Å². The molecular formula is C25H36N4O4. The average molecular weight is 457 g/mol. The molecule has 1 saturated heterocycles. The maximum absolute atomic E-state index is 13.2. The lowest BCUT2D eigenvalue weighted by Gasteiger charge is -2.32. The van der Waals surface area contributed by atoms with Crippen molar-refractivity contribution in [1.82, 2.24) is 19.6 Å². The molecule has 0 unspecified atom stereocenters. The summed E-state index contributed by atoms with van der Waals surface area (Å²) in [5.41, 5.74) is 1.90. The van der Waals surface area contributed by atoms with E-state index in [0.29, 0.717) is 42.7 Å². The van der Waals surface area contributed by atoms with Gasteiger partial charge < -0.3 is 14.8 Å². The van der Waals surface area contributed by atoms with E-state index >= 15 is 0 Å². The number of imidazole rings is 1. The van der Waals surface area contributed by atoms with Gasteiger partial charge in [0.05, 0.1) is 25.5 Å². The van der Waals surface area contributed by atoms with E-state index in [1.165, 1.54) is 32.1 Å². The molecule has 2 fully saturated rings. The minimum atomic E-state index is -0.220. The summed E-state index contributed by atoms with van der Waals surface area (Å²) in [6.07, 6.45) is 10.0. The second-order valence-corrected chi connectivity index (χ2v) is 9.28. The largest absolute Gasteiger partial charge is 0.489 e. The van der Waals surface area contributed by atoms with Crippen LogP contribution in [0.2, 0.25) is 0 Å². The molecular weight excluding hydrogens is 420 g/mol. The van der Waals surface area contributed by atoms with Crippen LogP contribution in [0.15, 0.2) is 18.3 Å². The van der Waals surface area contributed by atoms with E-state index in [9.17, 15) is 9.59 Å². The Morgan fingerprint density at radius 1 is 1.18 bits per heavy atom. The summed E-state index contributed by atoms with van der Waals surface area (Å²) in [5, 5.41) is 3.16. The van der Waals surface area contributed by atoms with E-state index in [0.717, 1.165) is 25.1 Å². The highest BCUT2D eigenvalue weighted by Gasteiger charge is 2.26. The molecule has 8 heteroatoms. The molecule has 180 valence electrons. The number of aromatic nitrogens is 2. The molecule has 0 bridgehead atoms. The third-order valence-electron chi connectivity index (χ3n) is 6.70. The van der Waals surface area contributed by atoms with Crippen LogP contribution >= 0.6 is 0 Å². The zero-order valence-corrected chi connectivity index (χ0v) is 19.8.